The number of nitrogens with one attached hydrogen (secondary N) is 1. The molecule has 16 heavy (non-hydrogen) atoms. The highest BCUT2D eigenvalue weighted by Crippen LogP contribution is 2.12. The van der Waals surface area contributed by atoms with Crippen molar-refractivity contribution in [3.8, 4) is 0 Å². The van der Waals surface area contributed by atoms with Crippen LogP contribution in [0.15, 0.2) is 16.5 Å². The number of aryl methyl sites for hydroxylation is 1. The Morgan fingerprint density at radius 3 is 2.94 bits per heavy atom. The van der Waals surface area contributed by atoms with Gasteiger partial charge in [-0.05, 0) is 19.1 Å². The van der Waals surface area contributed by atoms with Crippen LogP contribution in [0.1, 0.15) is 11.5 Å². The van der Waals surface area contributed by atoms with Gasteiger partial charge in [0.05, 0.1) is 25.7 Å². The fourth-order valence-corrected chi connectivity index (χ4v) is 1.73. The van der Waals surface area contributed by atoms with E-state index in [1.807, 2.05) is 19.1 Å². The van der Waals surface area contributed by atoms with Crippen molar-refractivity contribution in [2.75, 3.05) is 13.2 Å². The lowest BCUT2D eigenvalue weighted by Gasteiger charge is -2.12. The zero-order valence-corrected chi connectivity index (χ0v) is 9.23. The molecule has 2 heterocycles. The number of hydrogen-bond donors (Lipinski definition) is 2. The smallest absolute Gasteiger partial charge is 0.227 e. The van der Waals surface area contributed by atoms with Crippen LogP contribution < -0.4 is 11.1 Å². The molecule has 88 valence electrons. The van der Waals surface area contributed by atoms with E-state index >= 15 is 0 Å². The van der Waals surface area contributed by atoms with Gasteiger partial charge >= 0.3 is 0 Å². The Balaban J connectivity index is 1.83. The largest absolute Gasteiger partial charge is 0.465 e. The monoisotopic (exact) mass is 224 g/mol. The lowest BCUT2D eigenvalue weighted by Crippen LogP contribution is -2.40. The van der Waals surface area contributed by atoms with Crippen LogP contribution in [0, 0.1) is 12.8 Å². The summed E-state index contributed by atoms with van der Waals surface area (Å²) in [4.78, 5) is 11.7. The standard InChI is InChI=1S/C11H16N2O3/c1-7-2-3-8(16-7)4-13-11(14)9-5-15-6-10(9)12/h2-3,9-10H,4-6,12H2,1H3,(H,13,14). The van der Waals surface area contributed by atoms with Crippen molar-refractivity contribution in [1.29, 1.82) is 0 Å². The number of nitrogens with two attached hydrogens (primary N) is 1. The van der Waals surface area contributed by atoms with Crippen molar-refractivity contribution in [3.05, 3.63) is 23.7 Å². The second-order valence-corrected chi connectivity index (χ2v) is 4.04. The molecule has 1 amide bonds. The number of rotatable bonds is 3. The van der Waals surface area contributed by atoms with E-state index < -0.39 is 0 Å². The Labute approximate surface area is 93.9 Å². The summed E-state index contributed by atoms with van der Waals surface area (Å²) in [5.41, 5.74) is 5.74. The molecule has 1 fully saturated rings. The van der Waals surface area contributed by atoms with Gasteiger partial charge in [0.25, 0.3) is 0 Å². The first-order chi connectivity index (χ1) is 7.66. The first kappa shape index (κ1) is 11.2. The molecular weight excluding hydrogens is 208 g/mol. The molecule has 0 saturated carbocycles. The van der Waals surface area contributed by atoms with Gasteiger partial charge in [0.2, 0.25) is 5.91 Å². The maximum Gasteiger partial charge on any atom is 0.227 e. The van der Waals surface area contributed by atoms with E-state index in [4.69, 9.17) is 14.9 Å². The van der Waals surface area contributed by atoms with E-state index in [-0.39, 0.29) is 17.9 Å². The second-order valence-electron chi connectivity index (χ2n) is 4.04. The molecule has 0 aliphatic carbocycles. The molecule has 2 rings (SSSR count). The Morgan fingerprint density at radius 1 is 1.56 bits per heavy atom. The normalized spacial score (nSPS) is 24.6. The van der Waals surface area contributed by atoms with E-state index in [9.17, 15) is 4.79 Å². The van der Waals surface area contributed by atoms with Crippen LogP contribution in [-0.4, -0.2) is 25.2 Å². The van der Waals surface area contributed by atoms with Gasteiger partial charge < -0.3 is 20.2 Å². The van der Waals surface area contributed by atoms with E-state index in [2.05, 4.69) is 5.32 Å². The van der Waals surface area contributed by atoms with E-state index in [0.717, 1.165) is 11.5 Å². The quantitative estimate of drug-likeness (QED) is 0.767. The average molecular weight is 224 g/mol. The van der Waals surface area contributed by atoms with Gasteiger partial charge in [0.1, 0.15) is 11.5 Å². The van der Waals surface area contributed by atoms with E-state index in [1.165, 1.54) is 0 Å². The van der Waals surface area contributed by atoms with Crippen LogP contribution in [0.2, 0.25) is 0 Å². The van der Waals surface area contributed by atoms with E-state index in [0.29, 0.717) is 19.8 Å². The van der Waals surface area contributed by atoms with Gasteiger partial charge in [-0.2, -0.15) is 0 Å². The van der Waals surface area contributed by atoms with Crippen molar-refractivity contribution in [3.63, 3.8) is 0 Å². The van der Waals surface area contributed by atoms with Crippen molar-refractivity contribution in [2.45, 2.75) is 19.5 Å². The Kier molecular flexibility index (Phi) is 3.26. The van der Waals surface area contributed by atoms with Gasteiger partial charge in [-0.25, -0.2) is 0 Å². The Bertz CT molecular complexity index is 375. The number of hydrogen-bond acceptors (Lipinski definition) is 4. The molecule has 0 radical (unpaired) electrons. The molecule has 0 aromatic carbocycles. The van der Waals surface area contributed by atoms with Gasteiger partial charge in [-0.3, -0.25) is 4.79 Å². The molecule has 5 heteroatoms. The van der Waals surface area contributed by atoms with Crippen LogP contribution >= 0.6 is 0 Å². The fourth-order valence-electron chi connectivity index (χ4n) is 1.73. The summed E-state index contributed by atoms with van der Waals surface area (Å²) in [6.07, 6.45) is 0. The highest BCUT2D eigenvalue weighted by Gasteiger charge is 2.31. The van der Waals surface area contributed by atoms with Crippen molar-refractivity contribution >= 4 is 5.91 Å². The number of carbonyl (C=O) groups is 1. The molecule has 1 saturated heterocycles. The molecule has 1 aromatic heterocycles. The molecule has 1 aliphatic rings. The number of carbonyl (C=O) groups excluding carboxylic acids is 1. The predicted molar refractivity (Wildman–Crippen MR) is 57.6 cm³/mol. The zero-order chi connectivity index (χ0) is 11.5. The van der Waals surface area contributed by atoms with Crippen LogP contribution in [0.5, 0.6) is 0 Å². The summed E-state index contributed by atoms with van der Waals surface area (Å²) in [5, 5.41) is 2.79. The molecule has 5 nitrogen and oxygen atoms in total. The number of amides is 1. The SMILES string of the molecule is Cc1ccc(CNC(=O)C2COCC2N)o1. The molecule has 2 unspecified atom stereocenters. The molecule has 0 bridgehead atoms. The predicted octanol–water partition coefficient (Wildman–Crippen LogP) is 0.178. The third kappa shape index (κ3) is 2.43. The lowest BCUT2D eigenvalue weighted by molar-refractivity contribution is -0.125. The summed E-state index contributed by atoms with van der Waals surface area (Å²) in [6.45, 7) is 3.13. The van der Waals surface area contributed by atoms with Crippen molar-refractivity contribution < 1.29 is 13.9 Å². The Morgan fingerprint density at radius 2 is 2.38 bits per heavy atom. The summed E-state index contributed by atoms with van der Waals surface area (Å²) in [6, 6.07) is 3.52. The maximum atomic E-state index is 11.7. The molecule has 3 N–H and O–H groups in total. The van der Waals surface area contributed by atoms with Gasteiger partial charge in [0.15, 0.2) is 0 Å². The molecule has 2 atom stereocenters. The van der Waals surface area contributed by atoms with Gasteiger partial charge in [-0.15, -0.1) is 0 Å². The lowest BCUT2D eigenvalue weighted by atomic mass is 10.0. The molecule has 0 spiro atoms. The summed E-state index contributed by atoms with van der Waals surface area (Å²) in [7, 11) is 0. The highest BCUT2D eigenvalue weighted by atomic mass is 16.5. The minimum Gasteiger partial charge on any atom is -0.465 e. The topological polar surface area (TPSA) is 77.5 Å². The summed E-state index contributed by atoms with van der Waals surface area (Å²) < 4.78 is 10.5. The number of ether oxygens (including phenoxy) is 1. The van der Waals surface area contributed by atoms with Crippen LogP contribution in [0.25, 0.3) is 0 Å². The molecule has 1 aromatic rings. The van der Waals surface area contributed by atoms with Gasteiger partial charge in [0, 0.05) is 6.04 Å². The third-order valence-corrected chi connectivity index (χ3v) is 2.69. The first-order valence-corrected chi connectivity index (χ1v) is 5.33. The van der Waals surface area contributed by atoms with Crippen LogP contribution in [-0.2, 0) is 16.1 Å². The third-order valence-electron chi connectivity index (χ3n) is 2.69. The number of furan rings is 1. The van der Waals surface area contributed by atoms with Crippen LogP contribution in [0.4, 0.5) is 0 Å². The highest BCUT2D eigenvalue weighted by molar-refractivity contribution is 5.79. The molecule has 1 aliphatic heterocycles. The minimum atomic E-state index is -0.240. The molecular formula is C11H16N2O3. The fraction of sp³-hybridized carbons (Fsp3) is 0.545. The summed E-state index contributed by atoms with van der Waals surface area (Å²) >= 11 is 0. The zero-order valence-electron chi connectivity index (χ0n) is 9.23. The van der Waals surface area contributed by atoms with E-state index in [1.54, 1.807) is 0 Å². The van der Waals surface area contributed by atoms with Gasteiger partial charge in [-0.1, -0.05) is 0 Å². The second kappa shape index (κ2) is 4.67. The summed E-state index contributed by atoms with van der Waals surface area (Å²) in [5.74, 6) is 1.28. The average Bonchev–Trinajstić information content (AvgIpc) is 2.84. The van der Waals surface area contributed by atoms with Crippen molar-refractivity contribution in [1.82, 2.24) is 5.32 Å². The first-order valence-electron chi connectivity index (χ1n) is 5.33. The van der Waals surface area contributed by atoms with Crippen molar-refractivity contribution in [2.24, 2.45) is 11.7 Å². The minimum absolute atomic E-state index is 0.0703. The van der Waals surface area contributed by atoms with Crippen LogP contribution in [0.3, 0.4) is 0 Å². The maximum absolute atomic E-state index is 11.7. The Hall–Kier alpha value is -1.33.